The average molecular weight is 296 g/mol. The summed E-state index contributed by atoms with van der Waals surface area (Å²) in [6, 6.07) is 2.02. The number of nitrogens with zero attached hydrogens (tertiary/aromatic N) is 1. The molecule has 1 aromatic rings. The summed E-state index contributed by atoms with van der Waals surface area (Å²) in [5.41, 5.74) is 3.29. The Balaban J connectivity index is 2.51. The van der Waals surface area contributed by atoms with Gasteiger partial charge in [0.15, 0.2) is 5.78 Å². The maximum Gasteiger partial charge on any atom is 0.165 e. The highest BCUT2D eigenvalue weighted by atomic mass is 79.9. The van der Waals surface area contributed by atoms with Crippen LogP contribution in [0.5, 0.6) is 0 Å². The van der Waals surface area contributed by atoms with Crippen molar-refractivity contribution in [3.63, 3.8) is 0 Å². The van der Waals surface area contributed by atoms with E-state index in [0.717, 1.165) is 28.7 Å². The second-order valence-electron chi connectivity index (χ2n) is 5.69. The van der Waals surface area contributed by atoms with Gasteiger partial charge in [0.25, 0.3) is 0 Å². The quantitative estimate of drug-likeness (QED) is 0.812. The Morgan fingerprint density at radius 3 is 2.76 bits per heavy atom. The zero-order valence-corrected chi connectivity index (χ0v) is 12.2. The molecule has 2 nitrogen and oxygen atoms in total. The minimum atomic E-state index is 0.0697. The van der Waals surface area contributed by atoms with E-state index in [0.29, 0.717) is 6.42 Å². The van der Waals surface area contributed by atoms with E-state index in [9.17, 15) is 4.79 Å². The number of halogens is 1. The van der Waals surface area contributed by atoms with E-state index in [1.165, 1.54) is 5.69 Å². The average Bonchev–Trinajstić information content (AvgIpc) is 2.43. The van der Waals surface area contributed by atoms with Crippen LogP contribution in [-0.2, 0) is 13.0 Å². The van der Waals surface area contributed by atoms with Gasteiger partial charge in [-0.2, -0.15) is 0 Å². The largest absolute Gasteiger partial charge is 0.343 e. The van der Waals surface area contributed by atoms with Gasteiger partial charge in [0.05, 0.1) is 6.54 Å². The van der Waals surface area contributed by atoms with Crippen molar-refractivity contribution < 1.29 is 4.79 Å². The molecule has 1 heterocycles. The number of ketones is 1. The third-order valence-electron chi connectivity index (χ3n) is 3.33. The van der Waals surface area contributed by atoms with Gasteiger partial charge in [0, 0.05) is 27.9 Å². The van der Waals surface area contributed by atoms with Gasteiger partial charge in [-0.15, -0.1) is 0 Å². The van der Waals surface area contributed by atoms with Crippen molar-refractivity contribution in [2.45, 2.75) is 40.2 Å². The lowest BCUT2D eigenvalue weighted by atomic mass is 9.76. The number of aromatic nitrogens is 1. The Labute approximate surface area is 111 Å². The maximum atomic E-state index is 12.1. The van der Waals surface area contributed by atoms with Gasteiger partial charge >= 0.3 is 0 Å². The van der Waals surface area contributed by atoms with E-state index >= 15 is 0 Å². The summed E-state index contributed by atoms with van der Waals surface area (Å²) in [4.78, 5) is 12.1. The number of carbonyl (C=O) groups is 1. The normalized spacial score (nSPS) is 18.0. The van der Waals surface area contributed by atoms with Crippen LogP contribution in [0.25, 0.3) is 0 Å². The van der Waals surface area contributed by atoms with Crippen molar-refractivity contribution in [1.29, 1.82) is 0 Å². The molecule has 0 fully saturated rings. The number of aryl methyl sites for hydroxylation is 1. The van der Waals surface area contributed by atoms with Crippen molar-refractivity contribution in [1.82, 2.24) is 4.57 Å². The van der Waals surface area contributed by atoms with E-state index in [1.807, 2.05) is 6.07 Å². The fourth-order valence-electron chi connectivity index (χ4n) is 2.60. The molecular formula is C14H18BrNO. The van der Waals surface area contributed by atoms with Crippen LogP contribution < -0.4 is 0 Å². The minimum absolute atomic E-state index is 0.0697. The van der Waals surface area contributed by atoms with E-state index < -0.39 is 0 Å². The zero-order valence-electron chi connectivity index (χ0n) is 10.6. The Morgan fingerprint density at radius 1 is 1.53 bits per heavy atom. The van der Waals surface area contributed by atoms with Gasteiger partial charge < -0.3 is 4.57 Å². The highest BCUT2D eigenvalue weighted by Crippen LogP contribution is 2.36. The molecule has 0 unspecified atom stereocenters. The molecule has 1 aromatic heterocycles. The molecule has 0 radical (unpaired) electrons. The van der Waals surface area contributed by atoms with Crippen LogP contribution in [0.15, 0.2) is 17.1 Å². The van der Waals surface area contributed by atoms with Crippen LogP contribution in [0.2, 0.25) is 0 Å². The summed E-state index contributed by atoms with van der Waals surface area (Å²) >= 11 is 3.40. The van der Waals surface area contributed by atoms with Crippen LogP contribution in [0.4, 0.5) is 0 Å². The van der Waals surface area contributed by atoms with E-state index in [1.54, 1.807) is 0 Å². The van der Waals surface area contributed by atoms with Crippen molar-refractivity contribution in [3.8, 4) is 0 Å². The van der Waals surface area contributed by atoms with E-state index in [-0.39, 0.29) is 11.2 Å². The molecule has 17 heavy (non-hydrogen) atoms. The number of carbonyl (C=O) groups excluding carboxylic acids is 1. The number of allylic oxidation sites excluding steroid dienone is 1. The molecule has 0 aromatic carbocycles. The van der Waals surface area contributed by atoms with Gasteiger partial charge in [-0.25, -0.2) is 0 Å². The lowest BCUT2D eigenvalue weighted by Crippen LogP contribution is -2.28. The Bertz CT molecular complexity index is 497. The fourth-order valence-corrected chi connectivity index (χ4v) is 2.85. The number of rotatable bonds is 2. The molecule has 1 aliphatic carbocycles. The topological polar surface area (TPSA) is 22.0 Å². The maximum absolute atomic E-state index is 12.1. The summed E-state index contributed by atoms with van der Waals surface area (Å²) in [6.45, 7) is 11.0. The molecule has 0 saturated carbocycles. The number of hydrogen-bond donors (Lipinski definition) is 0. The first-order valence-electron chi connectivity index (χ1n) is 5.86. The first kappa shape index (κ1) is 12.6. The van der Waals surface area contributed by atoms with Crippen molar-refractivity contribution in [2.75, 3.05) is 0 Å². The third kappa shape index (κ3) is 2.39. The summed E-state index contributed by atoms with van der Waals surface area (Å²) < 4.78 is 3.14. The first-order valence-corrected chi connectivity index (χ1v) is 6.65. The van der Waals surface area contributed by atoms with Crippen LogP contribution in [-0.4, -0.2) is 10.4 Å². The molecule has 92 valence electrons. The molecule has 3 heteroatoms. The number of hydrogen-bond acceptors (Lipinski definition) is 1. The third-order valence-corrected chi connectivity index (χ3v) is 3.58. The molecule has 1 aliphatic rings. The summed E-state index contributed by atoms with van der Waals surface area (Å²) in [5.74, 6) is 0.276. The Morgan fingerprint density at radius 2 is 2.18 bits per heavy atom. The highest BCUT2D eigenvalue weighted by Gasteiger charge is 2.33. The first-order chi connectivity index (χ1) is 7.80. The van der Waals surface area contributed by atoms with Crippen molar-refractivity contribution >= 4 is 21.7 Å². The van der Waals surface area contributed by atoms with Gasteiger partial charge in [-0.1, -0.05) is 36.4 Å². The number of Topliss-reactive ketones (excluding diaryl/α,β-unsaturated/α-hetero) is 1. The van der Waals surface area contributed by atoms with Crippen LogP contribution in [0, 0.1) is 12.3 Å². The van der Waals surface area contributed by atoms with Gasteiger partial charge in [0.1, 0.15) is 0 Å². The minimum Gasteiger partial charge on any atom is -0.343 e. The monoisotopic (exact) mass is 295 g/mol. The lowest BCUT2D eigenvalue weighted by Gasteiger charge is -2.29. The van der Waals surface area contributed by atoms with E-state index in [2.05, 4.69) is 47.8 Å². The number of fused-ring (bicyclic) bond motifs is 1. The van der Waals surface area contributed by atoms with Gasteiger partial charge in [0.2, 0.25) is 0 Å². The summed E-state index contributed by atoms with van der Waals surface area (Å²) in [6.07, 6.45) is 1.61. The van der Waals surface area contributed by atoms with Gasteiger partial charge in [-0.05, 0) is 24.8 Å². The fraction of sp³-hybridized carbons (Fsp3) is 0.500. The molecular weight excluding hydrogens is 278 g/mol. The second-order valence-corrected chi connectivity index (χ2v) is 6.81. The molecule has 0 saturated heterocycles. The van der Waals surface area contributed by atoms with Crippen molar-refractivity contribution in [2.24, 2.45) is 5.41 Å². The second kappa shape index (κ2) is 4.13. The van der Waals surface area contributed by atoms with Crippen LogP contribution in [0.3, 0.4) is 0 Å². The standard InChI is InChI=1S/C14H18BrNO/c1-9(15)8-16-10(2)5-11-12(16)6-14(3,4)7-13(11)17/h5H,1,6-8H2,2-4H3. The lowest BCUT2D eigenvalue weighted by molar-refractivity contribution is 0.0910. The molecule has 0 amide bonds. The molecule has 2 rings (SSSR count). The predicted molar refractivity (Wildman–Crippen MR) is 73.7 cm³/mol. The summed E-state index contributed by atoms with van der Waals surface area (Å²) in [7, 11) is 0. The van der Waals surface area contributed by atoms with E-state index in [4.69, 9.17) is 0 Å². The predicted octanol–water partition coefficient (Wildman–Crippen LogP) is 3.86. The Kier molecular flexibility index (Phi) is 3.06. The molecule has 0 bridgehead atoms. The molecule has 0 spiro atoms. The smallest absolute Gasteiger partial charge is 0.165 e. The Hall–Kier alpha value is -0.830. The SMILES string of the molecule is C=C(Br)Cn1c(C)cc2c1CC(C)(C)CC2=O. The molecule has 0 aliphatic heterocycles. The van der Waals surface area contributed by atoms with Crippen LogP contribution >= 0.6 is 15.9 Å². The molecule has 0 atom stereocenters. The van der Waals surface area contributed by atoms with Crippen LogP contribution in [0.1, 0.15) is 42.0 Å². The zero-order chi connectivity index (χ0) is 12.8. The van der Waals surface area contributed by atoms with Crippen molar-refractivity contribution in [3.05, 3.63) is 34.1 Å². The molecule has 0 N–H and O–H groups in total. The highest BCUT2D eigenvalue weighted by molar-refractivity contribution is 9.11. The van der Waals surface area contributed by atoms with Gasteiger partial charge in [-0.3, -0.25) is 4.79 Å². The summed E-state index contributed by atoms with van der Waals surface area (Å²) in [5, 5.41) is 0.